The minimum absolute atomic E-state index is 0.329. The second-order valence-corrected chi connectivity index (χ2v) is 4.65. The fourth-order valence-corrected chi connectivity index (χ4v) is 2.36. The molecule has 0 saturated carbocycles. The van der Waals surface area contributed by atoms with Crippen molar-refractivity contribution in [1.82, 2.24) is 0 Å². The molecule has 0 aliphatic heterocycles. The summed E-state index contributed by atoms with van der Waals surface area (Å²) in [5.41, 5.74) is 3.99. The van der Waals surface area contributed by atoms with Crippen molar-refractivity contribution < 1.29 is 5.11 Å². The van der Waals surface area contributed by atoms with Gasteiger partial charge in [0.25, 0.3) is 0 Å². The molecule has 0 aliphatic rings. The predicted molar refractivity (Wildman–Crippen MR) is 76.1 cm³/mol. The fraction of sp³-hybridized carbons (Fsp3) is 0.294. The van der Waals surface area contributed by atoms with Crippen LogP contribution >= 0.6 is 0 Å². The smallest absolute Gasteiger partial charge is 0.115 e. The molecule has 1 N–H and O–H groups in total. The van der Waals surface area contributed by atoms with Crippen molar-refractivity contribution in [2.24, 2.45) is 0 Å². The number of aryl methyl sites for hydroxylation is 1. The SMILES string of the molecule is CCc1ccc(C(CC)c2ccc(O)cc2)cc1. The molecule has 1 nitrogen and oxygen atoms in total. The van der Waals surface area contributed by atoms with Crippen LogP contribution in [0.3, 0.4) is 0 Å². The van der Waals surface area contributed by atoms with E-state index in [2.05, 4.69) is 38.1 Å². The van der Waals surface area contributed by atoms with Crippen LogP contribution in [0.4, 0.5) is 0 Å². The van der Waals surface area contributed by atoms with E-state index in [-0.39, 0.29) is 0 Å². The van der Waals surface area contributed by atoms with Crippen LogP contribution in [0.1, 0.15) is 42.9 Å². The van der Waals surface area contributed by atoms with Gasteiger partial charge in [0.1, 0.15) is 5.75 Å². The van der Waals surface area contributed by atoms with Crippen molar-refractivity contribution >= 4 is 0 Å². The van der Waals surface area contributed by atoms with Crippen molar-refractivity contribution in [3.8, 4) is 5.75 Å². The molecule has 2 rings (SSSR count). The van der Waals surface area contributed by atoms with Gasteiger partial charge in [0.05, 0.1) is 0 Å². The molecule has 0 fully saturated rings. The van der Waals surface area contributed by atoms with E-state index in [0.717, 1.165) is 12.8 Å². The van der Waals surface area contributed by atoms with Crippen LogP contribution in [0.25, 0.3) is 0 Å². The highest BCUT2D eigenvalue weighted by molar-refractivity contribution is 5.36. The molecule has 1 heteroatoms. The van der Waals surface area contributed by atoms with Gasteiger partial charge in [-0.15, -0.1) is 0 Å². The van der Waals surface area contributed by atoms with Gasteiger partial charge in [-0.1, -0.05) is 50.2 Å². The Morgan fingerprint density at radius 1 is 0.833 bits per heavy atom. The number of benzene rings is 2. The lowest BCUT2D eigenvalue weighted by atomic mass is 9.88. The van der Waals surface area contributed by atoms with Crippen LogP contribution in [0.2, 0.25) is 0 Å². The molecule has 94 valence electrons. The van der Waals surface area contributed by atoms with Gasteiger partial charge < -0.3 is 5.11 Å². The van der Waals surface area contributed by atoms with Gasteiger partial charge in [-0.25, -0.2) is 0 Å². The number of hydrogen-bond donors (Lipinski definition) is 1. The third-order valence-corrected chi connectivity index (χ3v) is 3.49. The van der Waals surface area contributed by atoms with Gasteiger partial charge in [-0.2, -0.15) is 0 Å². The number of phenols is 1. The van der Waals surface area contributed by atoms with E-state index in [1.165, 1.54) is 16.7 Å². The summed E-state index contributed by atoms with van der Waals surface area (Å²) in [7, 11) is 0. The lowest BCUT2D eigenvalue weighted by Gasteiger charge is -2.16. The fourth-order valence-electron chi connectivity index (χ4n) is 2.36. The normalized spacial score (nSPS) is 12.3. The maximum atomic E-state index is 9.35. The Morgan fingerprint density at radius 2 is 1.33 bits per heavy atom. The standard InChI is InChI=1S/C17H20O/c1-3-13-5-7-14(8-6-13)17(4-2)15-9-11-16(18)12-10-15/h5-12,17-18H,3-4H2,1-2H3. The molecule has 0 aromatic heterocycles. The summed E-state index contributed by atoms with van der Waals surface area (Å²) in [5, 5.41) is 9.35. The Hall–Kier alpha value is -1.76. The summed E-state index contributed by atoms with van der Waals surface area (Å²) >= 11 is 0. The van der Waals surface area contributed by atoms with Crippen molar-refractivity contribution in [1.29, 1.82) is 0 Å². The average molecular weight is 240 g/mol. The number of rotatable bonds is 4. The van der Waals surface area contributed by atoms with Crippen molar-refractivity contribution in [2.75, 3.05) is 0 Å². The van der Waals surface area contributed by atoms with Crippen LogP contribution in [-0.4, -0.2) is 5.11 Å². The third-order valence-electron chi connectivity index (χ3n) is 3.49. The van der Waals surface area contributed by atoms with Crippen LogP contribution in [-0.2, 0) is 6.42 Å². The topological polar surface area (TPSA) is 20.2 Å². The summed E-state index contributed by atoms with van der Waals surface area (Å²) in [4.78, 5) is 0. The summed E-state index contributed by atoms with van der Waals surface area (Å²) in [6.07, 6.45) is 2.15. The first kappa shape index (κ1) is 12.7. The van der Waals surface area contributed by atoms with Gasteiger partial charge >= 0.3 is 0 Å². The van der Waals surface area contributed by atoms with Crippen molar-refractivity contribution in [2.45, 2.75) is 32.6 Å². The van der Waals surface area contributed by atoms with E-state index in [0.29, 0.717) is 11.7 Å². The Morgan fingerprint density at radius 3 is 1.78 bits per heavy atom. The van der Waals surface area contributed by atoms with Crippen molar-refractivity contribution in [3.05, 3.63) is 65.2 Å². The molecule has 0 aliphatic carbocycles. The van der Waals surface area contributed by atoms with Crippen molar-refractivity contribution in [3.63, 3.8) is 0 Å². The summed E-state index contributed by atoms with van der Waals surface area (Å²) in [5.74, 6) is 0.742. The van der Waals surface area contributed by atoms with Crippen LogP contribution in [0.15, 0.2) is 48.5 Å². The molecule has 0 spiro atoms. The Balaban J connectivity index is 2.29. The first-order chi connectivity index (χ1) is 8.74. The highest BCUT2D eigenvalue weighted by Crippen LogP contribution is 2.29. The summed E-state index contributed by atoms with van der Waals surface area (Å²) in [6, 6.07) is 16.4. The monoisotopic (exact) mass is 240 g/mol. The van der Waals surface area contributed by atoms with Gasteiger partial charge in [0.2, 0.25) is 0 Å². The first-order valence-corrected chi connectivity index (χ1v) is 6.62. The molecular weight excluding hydrogens is 220 g/mol. The summed E-state index contributed by atoms with van der Waals surface area (Å²) < 4.78 is 0. The molecule has 0 saturated heterocycles. The lowest BCUT2D eigenvalue weighted by molar-refractivity contribution is 0.475. The Labute approximate surface area is 109 Å². The van der Waals surface area contributed by atoms with E-state index in [1.54, 1.807) is 12.1 Å². The van der Waals surface area contributed by atoms with Crippen LogP contribution < -0.4 is 0 Å². The molecule has 1 atom stereocenters. The third kappa shape index (κ3) is 2.73. The van der Waals surface area contributed by atoms with Crippen LogP contribution in [0.5, 0.6) is 5.75 Å². The molecule has 18 heavy (non-hydrogen) atoms. The van der Waals surface area contributed by atoms with E-state index < -0.39 is 0 Å². The molecule has 0 amide bonds. The minimum Gasteiger partial charge on any atom is -0.508 e. The Kier molecular flexibility index (Phi) is 4.03. The molecule has 2 aromatic carbocycles. The minimum atomic E-state index is 0.329. The molecule has 0 heterocycles. The molecule has 1 unspecified atom stereocenters. The molecule has 0 radical (unpaired) electrons. The average Bonchev–Trinajstić information content (AvgIpc) is 2.42. The molecular formula is C17H20O. The Bertz CT molecular complexity index is 482. The number of aromatic hydroxyl groups is 1. The highest BCUT2D eigenvalue weighted by Gasteiger charge is 2.11. The van der Waals surface area contributed by atoms with Crippen LogP contribution in [0, 0.1) is 0 Å². The molecule has 2 aromatic rings. The maximum absolute atomic E-state index is 9.35. The zero-order chi connectivity index (χ0) is 13.0. The second kappa shape index (κ2) is 5.72. The number of phenolic OH excluding ortho intramolecular Hbond substituents is 1. The zero-order valence-corrected chi connectivity index (χ0v) is 11.1. The molecule has 0 bridgehead atoms. The van der Waals surface area contributed by atoms with E-state index in [4.69, 9.17) is 0 Å². The highest BCUT2D eigenvalue weighted by atomic mass is 16.3. The predicted octanol–water partition coefficient (Wildman–Crippen LogP) is 4.50. The largest absolute Gasteiger partial charge is 0.508 e. The number of hydrogen-bond acceptors (Lipinski definition) is 1. The maximum Gasteiger partial charge on any atom is 0.115 e. The second-order valence-electron chi connectivity index (χ2n) is 4.65. The quantitative estimate of drug-likeness (QED) is 0.834. The van der Waals surface area contributed by atoms with Gasteiger partial charge in [-0.05, 0) is 41.7 Å². The van der Waals surface area contributed by atoms with E-state index in [9.17, 15) is 5.11 Å². The van der Waals surface area contributed by atoms with E-state index in [1.807, 2.05) is 12.1 Å². The zero-order valence-electron chi connectivity index (χ0n) is 11.1. The summed E-state index contributed by atoms with van der Waals surface area (Å²) in [6.45, 7) is 4.37. The lowest BCUT2D eigenvalue weighted by Crippen LogP contribution is -1.99. The van der Waals surface area contributed by atoms with Gasteiger partial charge in [-0.3, -0.25) is 0 Å². The van der Waals surface area contributed by atoms with Gasteiger partial charge in [0, 0.05) is 5.92 Å². The van der Waals surface area contributed by atoms with Gasteiger partial charge in [0.15, 0.2) is 0 Å². The van der Waals surface area contributed by atoms with E-state index >= 15 is 0 Å². The first-order valence-electron chi connectivity index (χ1n) is 6.62.